The Bertz CT molecular complexity index is 225. The molecule has 0 atom stereocenters. The van der Waals surface area contributed by atoms with Gasteiger partial charge in [0.1, 0.15) is 0 Å². The van der Waals surface area contributed by atoms with Crippen molar-refractivity contribution in [2.24, 2.45) is 0 Å². The van der Waals surface area contributed by atoms with Crippen molar-refractivity contribution in [3.05, 3.63) is 30.3 Å². The van der Waals surface area contributed by atoms with Crippen LogP contribution in [0, 0.1) is 0 Å². The van der Waals surface area contributed by atoms with Crippen molar-refractivity contribution in [1.82, 2.24) is 0 Å². The molecule has 4 heteroatoms. The second-order valence-electron chi connectivity index (χ2n) is 2.09. The van der Waals surface area contributed by atoms with E-state index in [1.807, 2.05) is 30.3 Å². The zero-order valence-corrected chi connectivity index (χ0v) is 10.4. The fraction of sp³-hybridized carbons (Fsp3) is 0.143. The van der Waals surface area contributed by atoms with E-state index in [4.69, 9.17) is 20.9 Å². The van der Waals surface area contributed by atoms with Gasteiger partial charge < -0.3 is 0 Å². The summed E-state index contributed by atoms with van der Waals surface area (Å²) in [4.78, 5) is 0. The molecular weight excluding hydrogens is 290 g/mol. The van der Waals surface area contributed by atoms with Gasteiger partial charge in [0, 0.05) is 0 Å². The predicted octanol–water partition coefficient (Wildman–Crippen LogP) is 1.96. The van der Waals surface area contributed by atoms with E-state index >= 15 is 0 Å². The van der Waals surface area contributed by atoms with Crippen LogP contribution in [0.3, 0.4) is 0 Å². The number of rotatable bonds is 2. The quantitative estimate of drug-likeness (QED) is 0.758. The molecule has 0 spiro atoms. The monoisotopic (exact) mass is 298 g/mol. The Morgan fingerprint density at radius 1 is 1.18 bits per heavy atom. The number of hydrogen-bond donors (Lipinski definition) is 0. The number of halogens is 2. The van der Waals surface area contributed by atoms with Gasteiger partial charge in [-0.15, -0.1) is 0 Å². The van der Waals surface area contributed by atoms with Crippen molar-refractivity contribution in [2.75, 3.05) is 7.11 Å². The van der Waals surface area contributed by atoms with Crippen molar-refractivity contribution in [2.45, 2.75) is 0 Å². The van der Waals surface area contributed by atoms with Gasteiger partial charge in [0.25, 0.3) is 0 Å². The van der Waals surface area contributed by atoms with Crippen LogP contribution in [0.15, 0.2) is 30.3 Å². The van der Waals surface area contributed by atoms with Crippen LogP contribution in [-0.4, -0.2) is 23.6 Å². The van der Waals surface area contributed by atoms with Crippen LogP contribution in [0.4, 0.5) is 0 Å². The molecule has 0 aliphatic carbocycles. The fourth-order valence-corrected chi connectivity index (χ4v) is 4.77. The molecule has 0 bridgehead atoms. The van der Waals surface area contributed by atoms with E-state index in [1.165, 1.54) is 0 Å². The Hall–Kier alpha value is 0.559. The molecule has 0 saturated heterocycles. The number of hydrogen-bond acceptors (Lipinski definition) is 1. The van der Waals surface area contributed by atoms with Crippen LogP contribution in [0.25, 0.3) is 0 Å². The topological polar surface area (TPSA) is 9.23 Å². The second kappa shape index (κ2) is 3.99. The van der Waals surface area contributed by atoms with E-state index in [1.54, 1.807) is 7.11 Å². The van der Waals surface area contributed by atoms with Gasteiger partial charge in [-0.25, -0.2) is 0 Å². The molecular formula is C7H8Cl2OSn. The van der Waals surface area contributed by atoms with Gasteiger partial charge >= 0.3 is 78.5 Å². The van der Waals surface area contributed by atoms with Gasteiger partial charge in [0.15, 0.2) is 0 Å². The van der Waals surface area contributed by atoms with Gasteiger partial charge in [-0.2, -0.15) is 0 Å². The molecule has 0 amide bonds. The molecule has 0 saturated carbocycles. The molecule has 0 aliphatic rings. The molecule has 0 aliphatic heterocycles. The fourth-order valence-electron chi connectivity index (χ4n) is 0.750. The molecule has 0 aromatic heterocycles. The van der Waals surface area contributed by atoms with Gasteiger partial charge in [0.05, 0.1) is 0 Å². The van der Waals surface area contributed by atoms with E-state index in [2.05, 4.69) is 0 Å². The molecule has 0 unspecified atom stereocenters. The van der Waals surface area contributed by atoms with Crippen molar-refractivity contribution in [3.8, 4) is 0 Å². The zero-order chi connectivity index (χ0) is 8.32. The summed E-state index contributed by atoms with van der Waals surface area (Å²) in [6.07, 6.45) is 0. The summed E-state index contributed by atoms with van der Waals surface area (Å²) in [6, 6.07) is 9.55. The molecule has 0 radical (unpaired) electrons. The van der Waals surface area contributed by atoms with Gasteiger partial charge in [-0.05, 0) is 0 Å². The standard InChI is InChI=1S/C6H5.CH3O.2ClH.Sn/c1-2-4-6-5-3-1;1-2;;;/h1-5H;1H3;2*1H;/q;-1;;;+3/p-2. The van der Waals surface area contributed by atoms with E-state index in [-0.39, 0.29) is 0 Å². The molecule has 11 heavy (non-hydrogen) atoms. The van der Waals surface area contributed by atoms with Crippen LogP contribution in [-0.2, 0) is 3.07 Å². The molecule has 0 N–H and O–H groups in total. The Balaban J connectivity index is 2.93. The molecule has 1 rings (SSSR count). The van der Waals surface area contributed by atoms with Crippen LogP contribution in [0.5, 0.6) is 0 Å². The first-order valence-electron chi connectivity index (χ1n) is 3.15. The predicted molar refractivity (Wildman–Crippen MR) is 50.5 cm³/mol. The molecule has 1 aromatic carbocycles. The Morgan fingerprint density at radius 2 is 1.73 bits per heavy atom. The summed E-state index contributed by atoms with van der Waals surface area (Å²) in [6.45, 7) is 0. The van der Waals surface area contributed by atoms with Crippen LogP contribution in [0.2, 0.25) is 0 Å². The summed E-state index contributed by atoms with van der Waals surface area (Å²) >= 11 is -3.32. The third kappa shape index (κ3) is 2.51. The number of benzene rings is 1. The van der Waals surface area contributed by atoms with Crippen molar-refractivity contribution in [3.63, 3.8) is 0 Å². The van der Waals surface area contributed by atoms with Crippen LogP contribution in [0.1, 0.15) is 0 Å². The third-order valence-electron chi connectivity index (χ3n) is 1.37. The van der Waals surface area contributed by atoms with E-state index in [0.29, 0.717) is 0 Å². The average Bonchev–Trinajstić information content (AvgIpc) is 2.06. The van der Waals surface area contributed by atoms with Gasteiger partial charge in [-0.3, -0.25) is 0 Å². The second-order valence-corrected chi connectivity index (χ2v) is 16.3. The third-order valence-corrected chi connectivity index (χ3v) is 10.7. The van der Waals surface area contributed by atoms with E-state index in [9.17, 15) is 0 Å². The maximum atomic E-state index is 6.00. The molecule has 0 fully saturated rings. The van der Waals surface area contributed by atoms with Crippen molar-refractivity contribution in [1.29, 1.82) is 0 Å². The van der Waals surface area contributed by atoms with Crippen LogP contribution >= 0.6 is 17.8 Å². The Morgan fingerprint density at radius 3 is 2.18 bits per heavy atom. The SMILES string of the molecule is C[O][Sn]([Cl])([Cl])[c]1ccccc1. The summed E-state index contributed by atoms with van der Waals surface area (Å²) in [5.41, 5.74) is 0. The maximum absolute atomic E-state index is 6.00. The van der Waals surface area contributed by atoms with Crippen LogP contribution < -0.4 is 3.58 Å². The van der Waals surface area contributed by atoms with E-state index < -0.39 is 16.5 Å². The minimum atomic E-state index is -3.32. The minimum absolute atomic E-state index is 0.952. The zero-order valence-electron chi connectivity index (χ0n) is 6.05. The first-order valence-corrected chi connectivity index (χ1v) is 13.0. The Labute approximate surface area is 78.1 Å². The summed E-state index contributed by atoms with van der Waals surface area (Å²) in [5.74, 6) is 0. The molecule has 1 aromatic rings. The van der Waals surface area contributed by atoms with Crippen molar-refractivity contribution >= 4 is 38.0 Å². The first-order chi connectivity index (χ1) is 5.17. The average molecular weight is 298 g/mol. The molecule has 0 heterocycles. The van der Waals surface area contributed by atoms with Gasteiger partial charge in [0.2, 0.25) is 0 Å². The summed E-state index contributed by atoms with van der Waals surface area (Å²) in [7, 11) is 13.6. The molecule has 60 valence electrons. The van der Waals surface area contributed by atoms with Gasteiger partial charge in [-0.1, -0.05) is 0 Å². The normalized spacial score (nSPS) is 11.5. The summed E-state index contributed by atoms with van der Waals surface area (Å²) < 4.78 is 6.02. The van der Waals surface area contributed by atoms with E-state index in [0.717, 1.165) is 3.58 Å². The van der Waals surface area contributed by atoms with Crippen molar-refractivity contribution < 1.29 is 3.07 Å². The summed E-state index contributed by atoms with van der Waals surface area (Å²) in [5, 5.41) is 0. The Kier molecular flexibility index (Phi) is 3.49. The first kappa shape index (κ1) is 9.65. The molecule has 1 nitrogen and oxygen atoms in total.